The van der Waals surface area contributed by atoms with E-state index in [9.17, 15) is 4.79 Å². The van der Waals surface area contributed by atoms with E-state index >= 15 is 0 Å². The summed E-state index contributed by atoms with van der Waals surface area (Å²) in [5.74, 6) is -0.0949. The lowest BCUT2D eigenvalue weighted by molar-refractivity contribution is -0.137. The maximum Gasteiger partial charge on any atom is 0.330 e. The molecule has 0 spiro atoms. The second-order valence-electron chi connectivity index (χ2n) is 5.63. The quantitative estimate of drug-likeness (QED) is 0.537. The lowest BCUT2D eigenvalue weighted by Crippen LogP contribution is -2.06. The normalized spacial score (nSPS) is 11.4. The Hall–Kier alpha value is -1.78. The maximum atomic E-state index is 11.5. The molecule has 0 aliphatic rings. The fraction of sp³-hybridized carbons (Fsp3) is 0.333. The molecule has 0 atom stereocenters. The Balaban J connectivity index is 2.31. The Morgan fingerprint density at radius 3 is 2.71 bits per heavy atom. The summed E-state index contributed by atoms with van der Waals surface area (Å²) in [5, 5.41) is 5.79. The Bertz CT molecular complexity index is 751. The predicted octanol–water partition coefficient (Wildman–Crippen LogP) is 4.94. The van der Waals surface area contributed by atoms with E-state index in [-0.39, 0.29) is 11.9 Å². The van der Waals surface area contributed by atoms with E-state index in [1.807, 2.05) is 16.8 Å². The number of hydrogen-bond acceptors (Lipinski definition) is 3. The predicted molar refractivity (Wildman–Crippen MR) is 97.5 cm³/mol. The van der Waals surface area contributed by atoms with Crippen molar-refractivity contribution in [2.24, 2.45) is 0 Å². The monoisotopic (exact) mass is 366 g/mol. The van der Waals surface area contributed by atoms with E-state index < -0.39 is 0 Å². The molecule has 0 aliphatic carbocycles. The number of benzene rings is 1. The Kier molecular flexibility index (Phi) is 6.46. The largest absolute Gasteiger partial charge is 0.463 e. The summed E-state index contributed by atoms with van der Waals surface area (Å²) in [7, 11) is 0. The molecule has 6 heteroatoms. The first-order valence-electron chi connectivity index (χ1n) is 7.77. The van der Waals surface area contributed by atoms with E-state index in [4.69, 9.17) is 27.9 Å². The first kappa shape index (κ1) is 18.6. The van der Waals surface area contributed by atoms with Gasteiger partial charge in [-0.2, -0.15) is 5.10 Å². The van der Waals surface area contributed by atoms with Crippen LogP contribution in [0.3, 0.4) is 0 Å². The molecule has 24 heavy (non-hydrogen) atoms. The van der Waals surface area contributed by atoms with Crippen LogP contribution in [-0.4, -0.2) is 22.4 Å². The maximum absolute atomic E-state index is 11.5. The molecule has 2 aromatic rings. The zero-order valence-electron chi connectivity index (χ0n) is 13.9. The minimum absolute atomic E-state index is 0.279. The number of hydrogen-bond donors (Lipinski definition) is 0. The zero-order valence-corrected chi connectivity index (χ0v) is 15.4. The Labute approximate surface area is 152 Å². The van der Waals surface area contributed by atoms with Crippen molar-refractivity contribution < 1.29 is 9.53 Å². The first-order chi connectivity index (χ1) is 11.4. The van der Waals surface area contributed by atoms with Crippen molar-refractivity contribution in [1.82, 2.24) is 9.78 Å². The second kappa shape index (κ2) is 8.36. The van der Waals surface area contributed by atoms with Crippen LogP contribution in [0.15, 0.2) is 30.3 Å². The van der Waals surface area contributed by atoms with Gasteiger partial charge in [0.15, 0.2) is 0 Å². The highest BCUT2D eigenvalue weighted by molar-refractivity contribution is 6.35. The fourth-order valence-corrected chi connectivity index (χ4v) is 2.62. The second-order valence-corrected chi connectivity index (χ2v) is 6.47. The van der Waals surface area contributed by atoms with Crippen LogP contribution in [-0.2, 0) is 16.1 Å². The third-order valence-corrected chi connectivity index (χ3v) is 4.02. The average Bonchev–Trinajstić information content (AvgIpc) is 2.92. The summed E-state index contributed by atoms with van der Waals surface area (Å²) < 4.78 is 6.74. The van der Waals surface area contributed by atoms with Gasteiger partial charge in [0.05, 0.1) is 24.5 Å². The molecule has 0 amide bonds. The van der Waals surface area contributed by atoms with Crippen molar-refractivity contribution in [3.8, 4) is 0 Å². The topological polar surface area (TPSA) is 44.1 Å². The van der Waals surface area contributed by atoms with Crippen molar-refractivity contribution in [2.75, 3.05) is 6.61 Å². The fourth-order valence-electron chi connectivity index (χ4n) is 2.15. The Morgan fingerprint density at radius 1 is 1.33 bits per heavy atom. The standard InChI is InChI=1S/C18H20Cl2N2O2/c1-4-24-18(23)8-7-15-10-17(12(2)3)21-22(15)11-13-5-6-14(19)9-16(13)20/h5-10,12H,4,11H2,1-3H3/b8-7+. The van der Waals surface area contributed by atoms with Gasteiger partial charge in [-0.3, -0.25) is 4.68 Å². The number of nitrogens with zero attached hydrogens (tertiary/aromatic N) is 2. The highest BCUT2D eigenvalue weighted by Gasteiger charge is 2.11. The number of halogens is 2. The van der Waals surface area contributed by atoms with Gasteiger partial charge in [0.2, 0.25) is 0 Å². The van der Waals surface area contributed by atoms with Crippen LogP contribution in [0.2, 0.25) is 10.0 Å². The van der Waals surface area contributed by atoms with E-state index in [2.05, 4.69) is 18.9 Å². The lowest BCUT2D eigenvalue weighted by atomic mass is 10.1. The molecule has 0 bridgehead atoms. The highest BCUT2D eigenvalue weighted by atomic mass is 35.5. The molecule has 0 radical (unpaired) electrons. The van der Waals surface area contributed by atoms with Gasteiger partial charge in [0.25, 0.3) is 0 Å². The van der Waals surface area contributed by atoms with Crippen LogP contribution in [0.25, 0.3) is 6.08 Å². The molecule has 1 aromatic heterocycles. The summed E-state index contributed by atoms with van der Waals surface area (Å²) >= 11 is 12.2. The van der Waals surface area contributed by atoms with E-state index in [1.165, 1.54) is 6.08 Å². The van der Waals surface area contributed by atoms with Gasteiger partial charge < -0.3 is 4.74 Å². The molecule has 128 valence electrons. The number of carbonyl (C=O) groups is 1. The van der Waals surface area contributed by atoms with Gasteiger partial charge in [-0.05, 0) is 42.7 Å². The molecule has 2 rings (SSSR count). The van der Waals surface area contributed by atoms with Crippen LogP contribution < -0.4 is 0 Å². The van der Waals surface area contributed by atoms with Crippen molar-refractivity contribution in [2.45, 2.75) is 33.2 Å². The van der Waals surface area contributed by atoms with Crippen LogP contribution >= 0.6 is 23.2 Å². The van der Waals surface area contributed by atoms with Crippen LogP contribution in [0.4, 0.5) is 0 Å². The minimum Gasteiger partial charge on any atom is -0.463 e. The number of ether oxygens (including phenoxy) is 1. The molecule has 4 nitrogen and oxygen atoms in total. The van der Waals surface area contributed by atoms with Gasteiger partial charge in [0.1, 0.15) is 0 Å². The molecule has 0 saturated heterocycles. The number of carbonyl (C=O) groups excluding carboxylic acids is 1. The number of aromatic nitrogens is 2. The van der Waals surface area contributed by atoms with Gasteiger partial charge in [-0.25, -0.2) is 4.79 Å². The molecule has 0 unspecified atom stereocenters. The SMILES string of the molecule is CCOC(=O)/C=C/c1cc(C(C)C)nn1Cc1ccc(Cl)cc1Cl. The highest BCUT2D eigenvalue weighted by Crippen LogP contribution is 2.23. The first-order valence-corrected chi connectivity index (χ1v) is 8.52. The number of rotatable bonds is 6. The molecule has 0 N–H and O–H groups in total. The van der Waals surface area contributed by atoms with Gasteiger partial charge in [0, 0.05) is 16.1 Å². The summed E-state index contributed by atoms with van der Waals surface area (Å²) in [6, 6.07) is 7.34. The molecule has 1 aromatic carbocycles. The van der Waals surface area contributed by atoms with Crippen LogP contribution in [0.1, 0.15) is 43.6 Å². The average molecular weight is 367 g/mol. The van der Waals surface area contributed by atoms with Crippen LogP contribution in [0, 0.1) is 0 Å². The summed E-state index contributed by atoms with van der Waals surface area (Å²) in [6.07, 6.45) is 3.12. The van der Waals surface area contributed by atoms with Crippen molar-refractivity contribution >= 4 is 35.2 Å². The summed E-state index contributed by atoms with van der Waals surface area (Å²) in [5.41, 5.74) is 2.67. The minimum atomic E-state index is -0.374. The van der Waals surface area contributed by atoms with E-state index in [1.54, 1.807) is 25.1 Å². The molecular weight excluding hydrogens is 347 g/mol. The van der Waals surface area contributed by atoms with E-state index in [0.717, 1.165) is 17.0 Å². The molecular formula is C18H20Cl2N2O2. The molecule has 0 aliphatic heterocycles. The van der Waals surface area contributed by atoms with Crippen molar-refractivity contribution in [3.63, 3.8) is 0 Å². The summed E-state index contributed by atoms with van der Waals surface area (Å²) in [6.45, 7) is 6.75. The van der Waals surface area contributed by atoms with E-state index in [0.29, 0.717) is 23.2 Å². The van der Waals surface area contributed by atoms with Crippen molar-refractivity contribution in [1.29, 1.82) is 0 Å². The van der Waals surface area contributed by atoms with Crippen molar-refractivity contribution in [3.05, 3.63) is 57.3 Å². The van der Waals surface area contributed by atoms with Gasteiger partial charge >= 0.3 is 5.97 Å². The lowest BCUT2D eigenvalue weighted by Gasteiger charge is -2.08. The zero-order chi connectivity index (χ0) is 17.7. The van der Waals surface area contributed by atoms with Gasteiger partial charge in [-0.1, -0.05) is 43.1 Å². The third kappa shape index (κ3) is 4.86. The van der Waals surface area contributed by atoms with Crippen LogP contribution in [0.5, 0.6) is 0 Å². The molecule has 0 fully saturated rings. The smallest absolute Gasteiger partial charge is 0.330 e. The molecule has 1 heterocycles. The Morgan fingerprint density at radius 2 is 2.08 bits per heavy atom. The molecule has 0 saturated carbocycles. The number of esters is 1. The van der Waals surface area contributed by atoms with Gasteiger partial charge in [-0.15, -0.1) is 0 Å². The summed E-state index contributed by atoms with van der Waals surface area (Å²) in [4.78, 5) is 11.5. The third-order valence-electron chi connectivity index (χ3n) is 3.43.